The van der Waals surface area contributed by atoms with E-state index < -0.39 is 0 Å². The molecule has 0 spiro atoms. The zero-order valence-corrected chi connectivity index (χ0v) is 9.92. The third kappa shape index (κ3) is 3.47. The molecule has 4 heteroatoms. The number of methoxy groups -OCH3 is 2. The van der Waals surface area contributed by atoms with Crippen LogP contribution in [0.4, 0.5) is 4.39 Å². The molecule has 0 bridgehead atoms. The van der Waals surface area contributed by atoms with Gasteiger partial charge in [-0.15, -0.1) is 0 Å². The summed E-state index contributed by atoms with van der Waals surface area (Å²) in [5.74, 6) is -0.0270. The Labute approximate surface area is 95.6 Å². The van der Waals surface area contributed by atoms with Crippen LogP contribution in [-0.4, -0.2) is 26.9 Å². The van der Waals surface area contributed by atoms with Crippen LogP contribution in [0.25, 0.3) is 0 Å². The minimum atomic E-state index is -0.304. The van der Waals surface area contributed by atoms with Gasteiger partial charge < -0.3 is 14.8 Å². The highest BCUT2D eigenvalue weighted by atomic mass is 19.1. The lowest BCUT2D eigenvalue weighted by molar-refractivity contribution is 0.171. The zero-order chi connectivity index (χ0) is 12.0. The minimum Gasteiger partial charge on any atom is -0.494 e. The van der Waals surface area contributed by atoms with E-state index in [-0.39, 0.29) is 17.6 Å². The smallest absolute Gasteiger partial charge is 0.169 e. The predicted molar refractivity (Wildman–Crippen MR) is 61.1 cm³/mol. The third-order valence-electron chi connectivity index (χ3n) is 2.32. The number of rotatable bonds is 6. The second kappa shape index (κ2) is 6.45. The number of benzene rings is 1. The molecule has 0 fully saturated rings. The summed E-state index contributed by atoms with van der Waals surface area (Å²) in [6, 6.07) is 5.32. The largest absolute Gasteiger partial charge is 0.494 e. The van der Waals surface area contributed by atoms with Crippen molar-refractivity contribution < 1.29 is 13.9 Å². The number of hydrogen-bond donors (Lipinski definition) is 1. The first-order valence-electron chi connectivity index (χ1n) is 5.22. The lowest BCUT2D eigenvalue weighted by Gasteiger charge is -2.13. The molecule has 0 aliphatic rings. The van der Waals surface area contributed by atoms with Crippen molar-refractivity contribution in [3.05, 3.63) is 29.6 Å². The van der Waals surface area contributed by atoms with Crippen molar-refractivity contribution in [2.75, 3.05) is 20.8 Å². The summed E-state index contributed by atoms with van der Waals surface area (Å²) < 4.78 is 23.6. The summed E-state index contributed by atoms with van der Waals surface area (Å²) in [5.41, 5.74) is 0.599. The molecule has 16 heavy (non-hydrogen) atoms. The molecule has 0 heterocycles. The Hall–Kier alpha value is -1.13. The topological polar surface area (TPSA) is 30.5 Å². The first-order valence-corrected chi connectivity index (χ1v) is 5.22. The molecule has 0 radical (unpaired) electrons. The predicted octanol–water partition coefficient (Wildman–Crippen LogP) is 1.96. The van der Waals surface area contributed by atoms with Crippen LogP contribution < -0.4 is 10.1 Å². The Morgan fingerprint density at radius 2 is 2.12 bits per heavy atom. The van der Waals surface area contributed by atoms with Crippen molar-refractivity contribution in [1.82, 2.24) is 5.32 Å². The molecule has 90 valence electrons. The van der Waals surface area contributed by atoms with Crippen molar-refractivity contribution in [2.24, 2.45) is 0 Å². The van der Waals surface area contributed by atoms with Crippen molar-refractivity contribution >= 4 is 0 Å². The van der Waals surface area contributed by atoms with E-state index in [9.17, 15) is 4.39 Å². The van der Waals surface area contributed by atoms with Gasteiger partial charge in [-0.05, 0) is 13.0 Å². The molecule has 1 rings (SSSR count). The van der Waals surface area contributed by atoms with Crippen LogP contribution in [0.5, 0.6) is 5.75 Å². The van der Waals surface area contributed by atoms with Gasteiger partial charge in [-0.2, -0.15) is 0 Å². The molecular weight excluding hydrogens is 209 g/mol. The van der Waals surface area contributed by atoms with Crippen molar-refractivity contribution in [1.29, 1.82) is 0 Å². The van der Waals surface area contributed by atoms with Crippen LogP contribution in [0.2, 0.25) is 0 Å². The number of halogens is 1. The zero-order valence-electron chi connectivity index (χ0n) is 9.92. The van der Waals surface area contributed by atoms with Gasteiger partial charge in [0.2, 0.25) is 0 Å². The van der Waals surface area contributed by atoms with Crippen molar-refractivity contribution in [3.63, 3.8) is 0 Å². The van der Waals surface area contributed by atoms with Gasteiger partial charge in [-0.25, -0.2) is 4.39 Å². The molecule has 1 aromatic rings. The van der Waals surface area contributed by atoms with E-state index >= 15 is 0 Å². The molecule has 1 aromatic carbocycles. The van der Waals surface area contributed by atoms with Crippen molar-refractivity contribution in [2.45, 2.75) is 19.5 Å². The van der Waals surface area contributed by atoms with Crippen LogP contribution in [0.3, 0.4) is 0 Å². The van der Waals surface area contributed by atoms with Gasteiger partial charge in [-0.3, -0.25) is 0 Å². The second-order valence-electron chi connectivity index (χ2n) is 3.67. The highest BCUT2D eigenvalue weighted by molar-refractivity contribution is 5.30. The summed E-state index contributed by atoms with van der Waals surface area (Å²) in [6.07, 6.45) is 0. The average molecular weight is 227 g/mol. The first kappa shape index (κ1) is 12.9. The van der Waals surface area contributed by atoms with Gasteiger partial charge >= 0.3 is 0 Å². The molecule has 0 aliphatic heterocycles. The second-order valence-corrected chi connectivity index (χ2v) is 3.67. The SMILES string of the molecule is COCC(C)NCc1cccc(OC)c1F. The Morgan fingerprint density at radius 3 is 2.75 bits per heavy atom. The third-order valence-corrected chi connectivity index (χ3v) is 2.32. The Kier molecular flexibility index (Phi) is 5.22. The fraction of sp³-hybridized carbons (Fsp3) is 0.500. The molecule has 0 aromatic heterocycles. The number of ether oxygens (including phenoxy) is 2. The minimum absolute atomic E-state index is 0.190. The normalized spacial score (nSPS) is 12.5. The highest BCUT2D eigenvalue weighted by Gasteiger charge is 2.09. The maximum atomic E-state index is 13.7. The van der Waals surface area contributed by atoms with E-state index in [1.54, 1.807) is 25.3 Å². The molecule has 1 unspecified atom stereocenters. The summed E-state index contributed by atoms with van der Waals surface area (Å²) in [4.78, 5) is 0. The molecule has 0 saturated carbocycles. The van der Waals surface area contributed by atoms with Crippen LogP contribution >= 0.6 is 0 Å². The summed E-state index contributed by atoms with van der Waals surface area (Å²) in [6.45, 7) is 3.06. The van der Waals surface area contributed by atoms with Gasteiger partial charge in [0, 0.05) is 25.3 Å². The Balaban J connectivity index is 2.60. The standard InChI is InChI=1S/C12H18FNO2/c1-9(8-15-2)14-7-10-5-4-6-11(16-3)12(10)13/h4-6,9,14H,7-8H2,1-3H3. The van der Waals surface area contributed by atoms with E-state index in [0.717, 1.165) is 0 Å². The van der Waals surface area contributed by atoms with E-state index in [2.05, 4.69) is 5.32 Å². The molecule has 0 saturated heterocycles. The molecular formula is C12H18FNO2. The first-order chi connectivity index (χ1) is 7.69. The Morgan fingerprint density at radius 1 is 1.38 bits per heavy atom. The summed E-state index contributed by atoms with van der Waals surface area (Å²) in [5, 5.41) is 3.17. The average Bonchev–Trinajstić information content (AvgIpc) is 2.28. The van der Waals surface area contributed by atoms with Gasteiger partial charge in [0.25, 0.3) is 0 Å². The van der Waals surface area contributed by atoms with Gasteiger partial charge in [0.05, 0.1) is 13.7 Å². The van der Waals surface area contributed by atoms with E-state index in [1.165, 1.54) is 7.11 Å². The molecule has 1 atom stereocenters. The summed E-state index contributed by atoms with van der Waals surface area (Å²) in [7, 11) is 3.10. The number of hydrogen-bond acceptors (Lipinski definition) is 3. The van der Waals surface area contributed by atoms with Gasteiger partial charge in [-0.1, -0.05) is 12.1 Å². The van der Waals surface area contributed by atoms with Crippen molar-refractivity contribution in [3.8, 4) is 5.75 Å². The lowest BCUT2D eigenvalue weighted by Crippen LogP contribution is -2.29. The Bertz CT molecular complexity index is 331. The van der Waals surface area contributed by atoms with Crippen LogP contribution in [0.1, 0.15) is 12.5 Å². The molecule has 1 N–H and O–H groups in total. The fourth-order valence-corrected chi connectivity index (χ4v) is 1.44. The monoisotopic (exact) mass is 227 g/mol. The van der Waals surface area contributed by atoms with E-state index in [1.807, 2.05) is 6.92 Å². The molecule has 0 amide bonds. The van der Waals surface area contributed by atoms with Gasteiger partial charge in [0.15, 0.2) is 11.6 Å². The molecule has 0 aliphatic carbocycles. The maximum absolute atomic E-state index is 13.7. The number of nitrogens with one attached hydrogen (secondary N) is 1. The van der Waals surface area contributed by atoms with Crippen LogP contribution in [0, 0.1) is 5.82 Å². The van der Waals surface area contributed by atoms with Gasteiger partial charge in [0.1, 0.15) is 0 Å². The quantitative estimate of drug-likeness (QED) is 0.805. The fourth-order valence-electron chi connectivity index (χ4n) is 1.44. The lowest BCUT2D eigenvalue weighted by atomic mass is 10.2. The van der Waals surface area contributed by atoms with E-state index in [4.69, 9.17) is 9.47 Å². The maximum Gasteiger partial charge on any atom is 0.169 e. The highest BCUT2D eigenvalue weighted by Crippen LogP contribution is 2.19. The molecule has 3 nitrogen and oxygen atoms in total. The summed E-state index contributed by atoms with van der Waals surface area (Å²) >= 11 is 0. The van der Waals surface area contributed by atoms with E-state index in [0.29, 0.717) is 18.7 Å². The van der Waals surface area contributed by atoms with Crippen LogP contribution in [-0.2, 0) is 11.3 Å². The van der Waals surface area contributed by atoms with Crippen LogP contribution in [0.15, 0.2) is 18.2 Å².